The van der Waals surface area contributed by atoms with Crippen LogP contribution in [0.3, 0.4) is 0 Å². The molecule has 0 aliphatic heterocycles. The number of nitrogens with one attached hydrogen (secondary N) is 1. The smallest absolute Gasteiger partial charge is 0.0771 e. The molecule has 0 saturated heterocycles. The van der Waals surface area contributed by atoms with Crippen LogP contribution in [0.4, 0.5) is 0 Å². The maximum atomic E-state index is 6.94. The van der Waals surface area contributed by atoms with Gasteiger partial charge in [0.05, 0.1) is 0 Å². The maximum absolute atomic E-state index is 6.94. The zero-order valence-electron chi connectivity index (χ0n) is 15.0. The molecular formula is C19H27Cl2NSiZr-4. The Labute approximate surface area is 177 Å². The summed E-state index contributed by atoms with van der Waals surface area (Å²) in [6.45, 7) is 8.62. The Morgan fingerprint density at radius 1 is 0.792 bits per heavy atom. The van der Waals surface area contributed by atoms with E-state index in [2.05, 4.69) is 61.5 Å². The van der Waals surface area contributed by atoms with E-state index in [4.69, 9.17) is 5.73 Å². The number of hydrogen-bond donors (Lipinski definition) is 0. The minimum absolute atomic E-state index is 0. The van der Waals surface area contributed by atoms with Crippen molar-refractivity contribution >= 4 is 53.2 Å². The number of hydrogen-bond acceptors (Lipinski definition) is 0. The van der Waals surface area contributed by atoms with E-state index in [0.29, 0.717) is 0 Å². The van der Waals surface area contributed by atoms with Crippen LogP contribution >= 0.6 is 24.8 Å². The molecule has 0 unspecified atom stereocenters. The number of benzene rings is 2. The fourth-order valence-corrected chi connectivity index (χ4v) is 1.90. The van der Waals surface area contributed by atoms with Crippen molar-refractivity contribution in [3.05, 3.63) is 75.2 Å². The summed E-state index contributed by atoms with van der Waals surface area (Å²) in [5.74, 6) is 0. The van der Waals surface area contributed by atoms with Crippen molar-refractivity contribution in [1.82, 2.24) is 0 Å². The molecule has 1 N–H and O–H groups in total. The van der Waals surface area contributed by atoms with Gasteiger partial charge >= 0.3 is 30.2 Å². The summed E-state index contributed by atoms with van der Waals surface area (Å²) in [6.07, 6.45) is 0. The van der Waals surface area contributed by atoms with E-state index in [1.807, 2.05) is 20.8 Å². The molecule has 0 spiro atoms. The fourth-order valence-electron chi connectivity index (χ4n) is 1.90. The maximum Gasteiger partial charge on any atom is -0.0771 e. The van der Waals surface area contributed by atoms with Crippen LogP contribution in [0.5, 0.6) is 0 Å². The van der Waals surface area contributed by atoms with Gasteiger partial charge in [-0.3, -0.25) is 0 Å². The third-order valence-electron chi connectivity index (χ3n) is 2.52. The first-order valence-corrected chi connectivity index (χ1v) is 10.7. The van der Waals surface area contributed by atoms with Gasteiger partial charge in [-0.05, 0) is 0 Å². The van der Waals surface area contributed by atoms with Crippen LogP contribution in [0.2, 0.25) is 0 Å². The first-order chi connectivity index (χ1) is 9.45. The molecule has 0 aromatic heterocycles. The van der Waals surface area contributed by atoms with Gasteiger partial charge in [-0.25, -0.2) is 0 Å². The molecule has 2 radical (unpaired) electrons. The van der Waals surface area contributed by atoms with Gasteiger partial charge in [0.1, 0.15) is 0 Å². The molecule has 3 aromatic carbocycles. The molecule has 0 aliphatic rings. The predicted octanol–water partition coefficient (Wildman–Crippen LogP) is 6.91. The van der Waals surface area contributed by atoms with Gasteiger partial charge in [0.15, 0.2) is 0 Å². The first kappa shape index (κ1) is 31.7. The molecule has 0 bridgehead atoms. The molecule has 134 valence electrons. The summed E-state index contributed by atoms with van der Waals surface area (Å²) in [5.41, 5.74) is 6.69. The van der Waals surface area contributed by atoms with Gasteiger partial charge in [0, 0.05) is 0 Å². The Balaban J connectivity index is -0.000000162. The van der Waals surface area contributed by atoms with Crippen molar-refractivity contribution < 1.29 is 23.3 Å². The Morgan fingerprint density at radius 2 is 1.04 bits per heavy atom. The Morgan fingerprint density at radius 3 is 1.33 bits per heavy atom. The Hall–Kier alpha value is -0.0500. The van der Waals surface area contributed by atoms with Crippen LogP contribution < -0.4 is 0 Å². The predicted molar refractivity (Wildman–Crippen MR) is 114 cm³/mol. The van der Waals surface area contributed by atoms with Crippen molar-refractivity contribution in [1.29, 1.82) is 0 Å². The van der Waals surface area contributed by atoms with Gasteiger partial charge in [-0.1, -0.05) is 57.2 Å². The van der Waals surface area contributed by atoms with Crippen molar-refractivity contribution in [2.24, 2.45) is 0 Å². The second-order valence-corrected chi connectivity index (χ2v) is 5.57. The topological polar surface area (TPSA) is 23.8 Å². The van der Waals surface area contributed by atoms with Crippen molar-refractivity contribution in [3.63, 3.8) is 0 Å². The van der Waals surface area contributed by atoms with Crippen LogP contribution in [0.1, 0.15) is 20.8 Å². The summed E-state index contributed by atoms with van der Waals surface area (Å²) < 4.78 is 0. The molecule has 1 nitrogen and oxygen atoms in total. The summed E-state index contributed by atoms with van der Waals surface area (Å²) in [5, 5.41) is 5.39. The van der Waals surface area contributed by atoms with Crippen LogP contribution in [0, 0.1) is 14.9 Å². The van der Waals surface area contributed by atoms with E-state index in [-0.39, 0.29) is 45.2 Å². The van der Waals surface area contributed by atoms with Gasteiger partial charge in [0.25, 0.3) is 0 Å². The van der Waals surface area contributed by atoms with E-state index in [0.717, 1.165) is 0 Å². The zero-order chi connectivity index (χ0) is 15.2. The van der Waals surface area contributed by atoms with E-state index < -0.39 is 0 Å². The molecule has 0 heterocycles. The van der Waals surface area contributed by atoms with Gasteiger partial charge in [-0.15, -0.1) is 70.1 Å². The Bertz CT molecular complexity index is 621. The third-order valence-corrected chi connectivity index (χ3v) is 2.52. The third kappa shape index (κ3) is 10.7. The van der Waals surface area contributed by atoms with Crippen molar-refractivity contribution in [2.45, 2.75) is 26.3 Å². The molecule has 0 atom stereocenters. The average molecular weight is 460 g/mol. The molecule has 24 heavy (non-hydrogen) atoms. The minimum atomic E-state index is -0.250. The van der Waals surface area contributed by atoms with Crippen LogP contribution in [0.25, 0.3) is 27.3 Å². The van der Waals surface area contributed by atoms with Crippen molar-refractivity contribution in [2.75, 3.05) is 0 Å². The Kier molecular flexibility index (Phi) is 20.1. The SMILES string of the molecule is CC(C)(C)[NH-].Cl.Cl.[CH3-].[CH3-].[Si]=[Zr].c1ccc2c(c1)[cH-]c1ccccc12. The molecule has 3 rings (SSSR count). The van der Waals surface area contributed by atoms with Crippen molar-refractivity contribution in [3.8, 4) is 0 Å². The standard InChI is InChI=1S/C13H9.C4H10N.2CH3.2ClH.Si.Zr/c1-3-7-12-10(5-1)9-11-6-2-4-8-13(11)12;1-4(2,3)5;;;;;;/h1-9H;5H,1-3H3;2*1H3;2*1H;;/q4*-1;;;;. The quantitative estimate of drug-likeness (QED) is 0.258. The van der Waals surface area contributed by atoms with E-state index in [9.17, 15) is 0 Å². The molecule has 0 aliphatic carbocycles. The molecule has 0 amide bonds. The second kappa shape index (κ2) is 15.2. The molecule has 3 aromatic rings. The molecular weight excluding hydrogens is 432 g/mol. The molecule has 0 saturated carbocycles. The average Bonchev–Trinajstić information content (AvgIpc) is 2.78. The van der Waals surface area contributed by atoms with Crippen LogP contribution in [-0.2, 0) is 23.3 Å². The van der Waals surface area contributed by atoms with E-state index in [1.54, 1.807) is 0 Å². The summed E-state index contributed by atoms with van der Waals surface area (Å²) in [4.78, 5) is 0. The normalized spacial score (nSPS) is 8.62. The minimum Gasteiger partial charge on any atom is -0.126 e. The van der Waals surface area contributed by atoms with Crippen LogP contribution in [0.15, 0.2) is 54.6 Å². The number of fused-ring (bicyclic) bond motifs is 3. The summed E-state index contributed by atoms with van der Waals surface area (Å²) in [7, 11) is 0. The summed E-state index contributed by atoms with van der Waals surface area (Å²) in [6, 6.07) is 19.3. The van der Waals surface area contributed by atoms with Gasteiger partial charge in [-0.2, -0.15) is 0 Å². The van der Waals surface area contributed by atoms with E-state index >= 15 is 0 Å². The largest absolute Gasteiger partial charge is 0.126 e. The van der Waals surface area contributed by atoms with Gasteiger partial charge < -0.3 is 20.6 Å². The zero-order valence-corrected chi connectivity index (χ0v) is 20.1. The number of rotatable bonds is 0. The monoisotopic (exact) mass is 457 g/mol. The molecule has 5 heteroatoms. The summed E-state index contributed by atoms with van der Waals surface area (Å²) >= 11 is 1.36. The number of halogens is 2. The second-order valence-electron chi connectivity index (χ2n) is 5.57. The van der Waals surface area contributed by atoms with Crippen LogP contribution in [-0.4, -0.2) is 12.4 Å². The fraction of sp³-hybridized carbons (Fsp3) is 0.211. The van der Waals surface area contributed by atoms with E-state index in [1.165, 1.54) is 44.9 Å². The first-order valence-electron chi connectivity index (χ1n) is 6.48. The van der Waals surface area contributed by atoms with Gasteiger partial charge in [0.2, 0.25) is 0 Å². The molecule has 0 fully saturated rings.